The minimum absolute atomic E-state index is 0.0203. The number of esters is 2. The predicted molar refractivity (Wildman–Crippen MR) is 163 cm³/mol. The molecule has 7 rings (SSSR count). The van der Waals surface area contributed by atoms with Crippen LogP contribution in [0.2, 0.25) is 0 Å². The zero-order chi connectivity index (χ0) is 31.9. The molecular formula is C35H49NO9. The topological polar surface area (TPSA) is 102 Å². The molecule has 248 valence electrons. The number of hydrogen-bond acceptors (Lipinski definition) is 10. The van der Waals surface area contributed by atoms with Crippen molar-refractivity contribution in [3.05, 3.63) is 29.8 Å². The highest BCUT2D eigenvalue weighted by atomic mass is 16.6. The Kier molecular flexibility index (Phi) is 7.80. The summed E-state index contributed by atoms with van der Waals surface area (Å²) in [7, 11) is 8.77. The molecule has 10 nitrogen and oxygen atoms in total. The van der Waals surface area contributed by atoms with Crippen molar-refractivity contribution in [2.75, 3.05) is 55.2 Å². The van der Waals surface area contributed by atoms with Crippen LogP contribution in [-0.2, 0) is 33.2 Å². The zero-order valence-electron chi connectivity index (χ0n) is 27.7. The van der Waals surface area contributed by atoms with Crippen molar-refractivity contribution in [1.82, 2.24) is 4.90 Å². The largest absolute Gasteiger partial charge is 0.497 e. The molecule has 1 spiro atoms. The fourth-order valence-corrected chi connectivity index (χ4v) is 12.4. The van der Waals surface area contributed by atoms with Crippen LogP contribution in [0.5, 0.6) is 5.75 Å². The maximum absolute atomic E-state index is 13.8. The second-order valence-corrected chi connectivity index (χ2v) is 14.4. The van der Waals surface area contributed by atoms with Gasteiger partial charge in [0, 0.05) is 88.9 Å². The van der Waals surface area contributed by atoms with E-state index in [-0.39, 0.29) is 70.7 Å². The summed E-state index contributed by atoms with van der Waals surface area (Å²) in [5, 5.41) is 0. The van der Waals surface area contributed by atoms with Gasteiger partial charge in [0.2, 0.25) is 0 Å². The lowest BCUT2D eigenvalue weighted by Crippen LogP contribution is -2.77. The van der Waals surface area contributed by atoms with Gasteiger partial charge in [0.1, 0.15) is 17.5 Å². The molecule has 45 heavy (non-hydrogen) atoms. The molecule has 6 aliphatic rings. The molecule has 1 aromatic rings. The van der Waals surface area contributed by atoms with Crippen LogP contribution in [0.1, 0.15) is 49.9 Å². The fourth-order valence-electron chi connectivity index (χ4n) is 12.4. The molecule has 10 heteroatoms. The van der Waals surface area contributed by atoms with Crippen molar-refractivity contribution in [2.24, 2.45) is 40.4 Å². The molecule has 0 aromatic heterocycles. The number of rotatable bonds is 10. The third-order valence-electron chi connectivity index (χ3n) is 13.2. The van der Waals surface area contributed by atoms with Gasteiger partial charge in [-0.1, -0.05) is 6.92 Å². The highest BCUT2D eigenvalue weighted by molar-refractivity contribution is 5.89. The molecule has 0 N–H and O–H groups in total. The molecule has 0 amide bonds. The highest BCUT2D eigenvalue weighted by Crippen LogP contribution is 2.80. The van der Waals surface area contributed by atoms with Gasteiger partial charge in [-0.15, -0.1) is 0 Å². The van der Waals surface area contributed by atoms with Crippen LogP contribution in [0.15, 0.2) is 24.3 Å². The average Bonchev–Trinajstić information content (AvgIpc) is 3.46. The van der Waals surface area contributed by atoms with E-state index in [1.807, 2.05) is 14.2 Å². The van der Waals surface area contributed by atoms with E-state index in [1.165, 1.54) is 6.92 Å². The van der Waals surface area contributed by atoms with Crippen LogP contribution in [0.4, 0.5) is 0 Å². The Labute approximate surface area is 266 Å². The highest BCUT2D eigenvalue weighted by Gasteiger charge is 2.88. The van der Waals surface area contributed by atoms with E-state index in [2.05, 4.69) is 11.8 Å². The number of piperidine rings is 1. The van der Waals surface area contributed by atoms with E-state index in [4.69, 9.17) is 33.2 Å². The molecule has 1 unspecified atom stereocenters. The maximum atomic E-state index is 13.8. The number of ether oxygens (including phenoxy) is 7. The molecule has 1 aromatic carbocycles. The van der Waals surface area contributed by atoms with Crippen LogP contribution in [0.25, 0.3) is 0 Å². The Morgan fingerprint density at radius 1 is 0.978 bits per heavy atom. The number of fused-ring (bicyclic) bond motifs is 2. The number of carbonyl (C=O) groups is 2. The Hall–Kier alpha value is -2.24. The number of hydrogen-bond donors (Lipinski definition) is 0. The van der Waals surface area contributed by atoms with Crippen molar-refractivity contribution in [2.45, 2.75) is 75.6 Å². The second-order valence-electron chi connectivity index (χ2n) is 14.4. The van der Waals surface area contributed by atoms with Gasteiger partial charge in [-0.05, 0) is 56.0 Å². The minimum Gasteiger partial charge on any atom is -0.497 e. The zero-order valence-corrected chi connectivity index (χ0v) is 27.7. The molecule has 5 saturated carbocycles. The van der Waals surface area contributed by atoms with E-state index in [9.17, 15) is 9.59 Å². The molecule has 5 aliphatic carbocycles. The van der Waals surface area contributed by atoms with Crippen molar-refractivity contribution in [3.8, 4) is 5.75 Å². The number of benzene rings is 1. The summed E-state index contributed by atoms with van der Waals surface area (Å²) in [6.07, 6.45) is 2.27. The van der Waals surface area contributed by atoms with Crippen molar-refractivity contribution >= 4 is 11.9 Å². The predicted octanol–water partition coefficient (Wildman–Crippen LogP) is 3.60. The number of methoxy groups -OCH3 is 5. The van der Waals surface area contributed by atoms with Gasteiger partial charge in [0.05, 0.1) is 37.6 Å². The van der Waals surface area contributed by atoms with Gasteiger partial charge in [0.15, 0.2) is 0 Å². The lowest BCUT2D eigenvalue weighted by molar-refractivity contribution is -0.280. The summed E-state index contributed by atoms with van der Waals surface area (Å²) in [5.74, 6) is -0.299. The molecule has 6 fully saturated rings. The van der Waals surface area contributed by atoms with Gasteiger partial charge in [-0.25, -0.2) is 4.79 Å². The Bertz CT molecular complexity index is 1310. The van der Waals surface area contributed by atoms with Gasteiger partial charge in [0.25, 0.3) is 0 Å². The average molecular weight is 628 g/mol. The minimum atomic E-state index is -0.947. The Morgan fingerprint density at radius 3 is 2.33 bits per heavy atom. The van der Waals surface area contributed by atoms with Crippen LogP contribution in [-0.4, -0.2) is 108 Å². The quantitative estimate of drug-likeness (QED) is 0.358. The van der Waals surface area contributed by atoms with Crippen LogP contribution < -0.4 is 4.74 Å². The summed E-state index contributed by atoms with van der Waals surface area (Å²) in [5.41, 5.74) is -0.937. The van der Waals surface area contributed by atoms with Gasteiger partial charge in [-0.2, -0.15) is 0 Å². The molecule has 1 aliphatic heterocycles. The van der Waals surface area contributed by atoms with Crippen molar-refractivity contribution < 1.29 is 42.7 Å². The SMILES string of the molecule is CCN1C[C@]2(COC)CC[C@H](OC)[C@]34C1[C@@H]([C@H](OC)[C@H]23)[C@@]1(OC(C)=O)C[C@H](OC)[C@H]2C[C@@H]4[C@@H]1[C@H]2OC(=O)c1ccc(OC)cc1. The van der Waals surface area contributed by atoms with Crippen LogP contribution in [0, 0.1) is 40.4 Å². The molecule has 1 saturated heterocycles. The van der Waals surface area contributed by atoms with Crippen LogP contribution in [0.3, 0.4) is 0 Å². The van der Waals surface area contributed by atoms with E-state index in [0.717, 1.165) is 32.4 Å². The summed E-state index contributed by atoms with van der Waals surface area (Å²) in [6.45, 7) is 6.11. The van der Waals surface area contributed by atoms with Gasteiger partial charge < -0.3 is 33.2 Å². The first kappa shape index (κ1) is 31.4. The summed E-state index contributed by atoms with van der Waals surface area (Å²) >= 11 is 0. The molecule has 13 atom stereocenters. The third kappa shape index (κ3) is 3.98. The first-order valence-corrected chi connectivity index (χ1v) is 16.6. The Morgan fingerprint density at radius 2 is 1.73 bits per heavy atom. The van der Waals surface area contributed by atoms with Gasteiger partial charge >= 0.3 is 11.9 Å². The van der Waals surface area contributed by atoms with E-state index in [0.29, 0.717) is 24.3 Å². The van der Waals surface area contributed by atoms with Crippen molar-refractivity contribution in [1.29, 1.82) is 0 Å². The molecule has 0 radical (unpaired) electrons. The van der Waals surface area contributed by atoms with Gasteiger partial charge in [-0.3, -0.25) is 9.69 Å². The normalized spacial score (nSPS) is 45.7. The first-order chi connectivity index (χ1) is 21.7. The lowest BCUT2D eigenvalue weighted by Gasteiger charge is -2.69. The summed E-state index contributed by atoms with van der Waals surface area (Å²) < 4.78 is 44.1. The lowest BCUT2D eigenvalue weighted by atomic mass is 9.43. The second kappa shape index (κ2) is 11.2. The third-order valence-corrected chi connectivity index (χ3v) is 13.2. The summed E-state index contributed by atoms with van der Waals surface area (Å²) in [4.78, 5) is 29.7. The fraction of sp³-hybridized carbons (Fsp3) is 0.771. The molecular weight excluding hydrogens is 578 g/mol. The van der Waals surface area contributed by atoms with E-state index < -0.39 is 17.7 Å². The monoisotopic (exact) mass is 627 g/mol. The van der Waals surface area contributed by atoms with Crippen LogP contribution >= 0.6 is 0 Å². The standard InChI is InChI=1S/C35H49NO9/c1-8-36-17-33(18-39-3)14-13-25(42-6)35-23-15-22-24(41-5)16-34(45-19(2)37,27(31(35)36)29(43-7)30(33)35)26(23)28(22)44-32(38)20-9-11-21(40-4)12-10-20/h9-12,22-31H,8,13-18H2,1-7H3/t22-,23-,24+,25+,26-,27-,28+,29+,30-,31?,33+,34-,35+/m1/s1. The number of nitrogens with zero attached hydrogens (tertiary/aromatic N) is 1. The maximum Gasteiger partial charge on any atom is 0.338 e. The first-order valence-electron chi connectivity index (χ1n) is 16.6. The Balaban J connectivity index is 1.43. The van der Waals surface area contributed by atoms with Crippen molar-refractivity contribution in [3.63, 3.8) is 0 Å². The molecule has 1 heterocycles. The molecule has 7 bridgehead atoms. The van der Waals surface area contributed by atoms with E-state index >= 15 is 0 Å². The van der Waals surface area contributed by atoms with E-state index in [1.54, 1.807) is 45.6 Å². The number of likely N-dealkylation sites (tertiary alicyclic amines) is 1. The number of carbonyl (C=O) groups excluding carboxylic acids is 2. The smallest absolute Gasteiger partial charge is 0.338 e. The summed E-state index contributed by atoms with van der Waals surface area (Å²) in [6, 6.07) is 7.07.